The van der Waals surface area contributed by atoms with E-state index >= 15 is 0 Å². The lowest BCUT2D eigenvalue weighted by Gasteiger charge is -2.32. The van der Waals surface area contributed by atoms with Gasteiger partial charge in [-0.05, 0) is 62.1 Å². The van der Waals surface area contributed by atoms with E-state index in [0.717, 1.165) is 70.2 Å². The van der Waals surface area contributed by atoms with Gasteiger partial charge >= 0.3 is 0 Å². The van der Waals surface area contributed by atoms with Gasteiger partial charge in [-0.25, -0.2) is 0 Å². The maximum absolute atomic E-state index is 12.7. The molecule has 4 rings (SSSR count). The summed E-state index contributed by atoms with van der Waals surface area (Å²) in [5, 5.41) is 0. The Morgan fingerprint density at radius 3 is 2.16 bits per heavy atom. The molecule has 0 radical (unpaired) electrons. The molecule has 0 spiro atoms. The number of piperidine rings is 1. The number of ether oxygens (including phenoxy) is 1. The molecule has 2 atom stereocenters. The normalized spacial score (nSPS) is 24.4. The van der Waals surface area contributed by atoms with E-state index < -0.39 is 0 Å². The molecule has 0 unspecified atom stereocenters. The van der Waals surface area contributed by atoms with Crippen molar-refractivity contribution < 1.29 is 19.1 Å². The van der Waals surface area contributed by atoms with E-state index in [0.29, 0.717) is 5.92 Å². The number of methoxy groups -OCH3 is 1. The minimum Gasteiger partial charge on any atom is -0.497 e. The fraction of sp³-hybridized carbons (Fsp3) is 0.640. The van der Waals surface area contributed by atoms with Gasteiger partial charge < -0.3 is 9.64 Å². The second-order valence-electron chi connectivity index (χ2n) is 9.29. The van der Waals surface area contributed by atoms with Crippen molar-refractivity contribution in [1.82, 2.24) is 9.80 Å². The van der Waals surface area contributed by atoms with Crippen LogP contribution in [0.3, 0.4) is 0 Å². The number of amides is 3. The summed E-state index contributed by atoms with van der Waals surface area (Å²) in [5.74, 6) is 1.25. The van der Waals surface area contributed by atoms with Gasteiger partial charge in [-0.2, -0.15) is 0 Å². The Labute approximate surface area is 184 Å². The summed E-state index contributed by atoms with van der Waals surface area (Å²) in [6.07, 6.45) is 8.18. The standard InChI is InChI=1S/C25H34N2O4/c1-31-20-10-8-18(9-11-20)6-7-19-12-15-26(16-13-19)23(28)14-17-27-24(29)21-4-2-3-5-22(21)25(27)30/h8-11,19,21-22H,2-7,12-17H2,1H3/t21-,22+. The van der Waals surface area contributed by atoms with Crippen LogP contribution in [0.4, 0.5) is 0 Å². The number of fused-ring (bicyclic) bond motifs is 1. The third-order valence-electron chi connectivity index (χ3n) is 7.45. The summed E-state index contributed by atoms with van der Waals surface area (Å²) in [6.45, 7) is 1.80. The predicted octanol–water partition coefficient (Wildman–Crippen LogP) is 3.43. The Morgan fingerprint density at radius 1 is 0.968 bits per heavy atom. The molecular formula is C25H34N2O4. The number of nitrogens with zero attached hydrogens (tertiary/aromatic N) is 2. The highest BCUT2D eigenvalue weighted by molar-refractivity contribution is 6.05. The topological polar surface area (TPSA) is 66.9 Å². The Balaban J connectivity index is 1.19. The van der Waals surface area contributed by atoms with Crippen LogP contribution in [0.1, 0.15) is 56.9 Å². The summed E-state index contributed by atoms with van der Waals surface area (Å²) < 4.78 is 5.21. The zero-order chi connectivity index (χ0) is 21.8. The van der Waals surface area contributed by atoms with Gasteiger partial charge in [-0.15, -0.1) is 0 Å². The summed E-state index contributed by atoms with van der Waals surface area (Å²) >= 11 is 0. The molecule has 168 valence electrons. The van der Waals surface area contributed by atoms with E-state index in [-0.39, 0.29) is 42.5 Å². The van der Waals surface area contributed by atoms with Crippen LogP contribution >= 0.6 is 0 Å². The lowest BCUT2D eigenvalue weighted by atomic mass is 9.81. The summed E-state index contributed by atoms with van der Waals surface area (Å²) in [7, 11) is 1.68. The van der Waals surface area contributed by atoms with Crippen molar-refractivity contribution >= 4 is 17.7 Å². The van der Waals surface area contributed by atoms with Crippen LogP contribution in [0.5, 0.6) is 5.75 Å². The SMILES string of the molecule is COc1ccc(CCC2CCN(C(=O)CCN3C(=O)[C@H]4CCCC[C@H]4C3=O)CC2)cc1. The molecule has 3 aliphatic rings. The molecule has 0 aromatic heterocycles. The molecule has 1 saturated carbocycles. The zero-order valence-electron chi connectivity index (χ0n) is 18.6. The second kappa shape index (κ2) is 9.84. The van der Waals surface area contributed by atoms with Gasteiger partial charge in [-0.1, -0.05) is 25.0 Å². The minimum absolute atomic E-state index is 0.0419. The Hall–Kier alpha value is -2.37. The summed E-state index contributed by atoms with van der Waals surface area (Å²) in [6, 6.07) is 8.24. The number of carbonyl (C=O) groups is 3. The highest BCUT2D eigenvalue weighted by Crippen LogP contribution is 2.38. The van der Waals surface area contributed by atoms with Crippen molar-refractivity contribution in [1.29, 1.82) is 0 Å². The van der Waals surface area contributed by atoms with Crippen molar-refractivity contribution in [2.45, 2.75) is 57.8 Å². The molecule has 0 bridgehead atoms. The van der Waals surface area contributed by atoms with Gasteiger partial charge in [-0.3, -0.25) is 19.3 Å². The van der Waals surface area contributed by atoms with E-state index in [1.54, 1.807) is 7.11 Å². The Kier molecular flexibility index (Phi) is 6.93. The van der Waals surface area contributed by atoms with Gasteiger partial charge in [0.1, 0.15) is 5.75 Å². The predicted molar refractivity (Wildman–Crippen MR) is 117 cm³/mol. The monoisotopic (exact) mass is 426 g/mol. The van der Waals surface area contributed by atoms with Gasteiger partial charge in [0.25, 0.3) is 0 Å². The molecule has 2 aliphatic heterocycles. The first kappa shape index (κ1) is 21.8. The molecule has 3 amide bonds. The third kappa shape index (κ3) is 4.94. The number of aryl methyl sites for hydroxylation is 1. The minimum atomic E-state index is -0.127. The lowest BCUT2D eigenvalue weighted by Crippen LogP contribution is -2.41. The molecule has 1 aliphatic carbocycles. The smallest absolute Gasteiger partial charge is 0.233 e. The van der Waals surface area contributed by atoms with Gasteiger partial charge in [0, 0.05) is 26.1 Å². The third-order valence-corrected chi connectivity index (χ3v) is 7.45. The van der Waals surface area contributed by atoms with Crippen LogP contribution in [-0.2, 0) is 20.8 Å². The molecule has 31 heavy (non-hydrogen) atoms. The van der Waals surface area contributed by atoms with E-state index in [4.69, 9.17) is 4.74 Å². The van der Waals surface area contributed by atoms with E-state index in [2.05, 4.69) is 12.1 Å². The van der Waals surface area contributed by atoms with Crippen LogP contribution in [-0.4, -0.2) is 54.3 Å². The number of hydrogen-bond donors (Lipinski definition) is 0. The molecule has 0 N–H and O–H groups in total. The maximum Gasteiger partial charge on any atom is 0.233 e. The van der Waals surface area contributed by atoms with Gasteiger partial charge in [0.15, 0.2) is 0 Å². The van der Waals surface area contributed by atoms with Crippen molar-refractivity contribution in [2.24, 2.45) is 17.8 Å². The molecule has 2 saturated heterocycles. The van der Waals surface area contributed by atoms with Gasteiger partial charge in [0.05, 0.1) is 18.9 Å². The molecule has 1 aromatic rings. The Bertz CT molecular complexity index is 774. The van der Waals surface area contributed by atoms with Crippen molar-refractivity contribution in [2.75, 3.05) is 26.7 Å². The largest absolute Gasteiger partial charge is 0.497 e. The van der Waals surface area contributed by atoms with E-state index in [1.165, 1.54) is 10.5 Å². The maximum atomic E-state index is 12.7. The number of carbonyl (C=O) groups excluding carboxylic acids is 3. The fourth-order valence-corrected chi connectivity index (χ4v) is 5.45. The number of hydrogen-bond acceptors (Lipinski definition) is 4. The second-order valence-corrected chi connectivity index (χ2v) is 9.29. The first-order valence-corrected chi connectivity index (χ1v) is 11.8. The number of likely N-dealkylation sites (tertiary alicyclic amines) is 2. The Morgan fingerprint density at radius 2 is 1.58 bits per heavy atom. The molecule has 3 fully saturated rings. The molecule has 1 aromatic carbocycles. The molecular weight excluding hydrogens is 392 g/mol. The van der Waals surface area contributed by atoms with E-state index in [1.807, 2.05) is 17.0 Å². The average Bonchev–Trinajstić information content (AvgIpc) is 3.06. The highest BCUT2D eigenvalue weighted by atomic mass is 16.5. The van der Waals surface area contributed by atoms with Crippen LogP contribution in [0, 0.1) is 17.8 Å². The quantitative estimate of drug-likeness (QED) is 0.627. The number of rotatable bonds is 7. The van der Waals surface area contributed by atoms with Crippen LogP contribution in [0.25, 0.3) is 0 Å². The molecule has 2 heterocycles. The van der Waals surface area contributed by atoms with E-state index in [9.17, 15) is 14.4 Å². The van der Waals surface area contributed by atoms with Crippen LogP contribution < -0.4 is 4.74 Å². The van der Waals surface area contributed by atoms with Crippen molar-refractivity contribution in [3.05, 3.63) is 29.8 Å². The zero-order valence-corrected chi connectivity index (χ0v) is 18.6. The number of benzene rings is 1. The fourth-order valence-electron chi connectivity index (χ4n) is 5.45. The molecule has 6 nitrogen and oxygen atoms in total. The first-order valence-electron chi connectivity index (χ1n) is 11.8. The van der Waals surface area contributed by atoms with Crippen LogP contribution in [0.15, 0.2) is 24.3 Å². The first-order chi connectivity index (χ1) is 15.1. The summed E-state index contributed by atoms with van der Waals surface area (Å²) in [5.41, 5.74) is 1.32. The van der Waals surface area contributed by atoms with Crippen molar-refractivity contribution in [3.63, 3.8) is 0 Å². The van der Waals surface area contributed by atoms with Crippen molar-refractivity contribution in [3.8, 4) is 5.75 Å². The molecule has 6 heteroatoms. The average molecular weight is 427 g/mol. The van der Waals surface area contributed by atoms with Gasteiger partial charge in [0.2, 0.25) is 17.7 Å². The lowest BCUT2D eigenvalue weighted by molar-refractivity contribution is -0.141. The highest BCUT2D eigenvalue weighted by Gasteiger charge is 2.47. The summed E-state index contributed by atoms with van der Waals surface area (Å²) in [4.78, 5) is 41.1. The number of imide groups is 1. The van der Waals surface area contributed by atoms with Crippen LogP contribution in [0.2, 0.25) is 0 Å².